The monoisotopic (exact) mass is 268 g/mol. The smallest absolute Gasteiger partial charge is 0.127 e. The van der Waals surface area contributed by atoms with Crippen LogP contribution in [0.5, 0.6) is 0 Å². The largest absolute Gasteiger partial charge is 0.311 e. The van der Waals surface area contributed by atoms with Gasteiger partial charge in [0.05, 0.1) is 0 Å². The summed E-state index contributed by atoms with van der Waals surface area (Å²) in [5, 5.41) is 3.19. The van der Waals surface area contributed by atoms with Gasteiger partial charge in [-0.05, 0) is 44.1 Å². The maximum atomic E-state index is 13.4. The van der Waals surface area contributed by atoms with Crippen molar-refractivity contribution in [3.8, 4) is 0 Å². The Morgan fingerprint density at radius 1 is 1.05 bits per heavy atom. The second-order valence-corrected chi connectivity index (χ2v) is 5.17. The molecule has 1 fully saturated rings. The lowest BCUT2D eigenvalue weighted by Crippen LogP contribution is -2.32. The molecular formula is C15H22F2N2. The molecule has 4 heteroatoms. The van der Waals surface area contributed by atoms with Crippen molar-refractivity contribution < 1.29 is 8.78 Å². The molecular weight excluding hydrogens is 246 g/mol. The average molecular weight is 268 g/mol. The topological polar surface area (TPSA) is 15.3 Å². The van der Waals surface area contributed by atoms with E-state index < -0.39 is 0 Å². The van der Waals surface area contributed by atoms with Crippen molar-refractivity contribution in [3.63, 3.8) is 0 Å². The van der Waals surface area contributed by atoms with Gasteiger partial charge in [-0.2, -0.15) is 0 Å². The molecule has 1 heterocycles. The minimum atomic E-state index is -0.384. The highest BCUT2D eigenvalue weighted by Crippen LogP contribution is 2.10. The summed E-state index contributed by atoms with van der Waals surface area (Å²) < 4.78 is 26.4. The molecule has 106 valence electrons. The minimum Gasteiger partial charge on any atom is -0.311 e. The zero-order chi connectivity index (χ0) is 13.5. The van der Waals surface area contributed by atoms with E-state index in [1.807, 2.05) is 0 Å². The van der Waals surface area contributed by atoms with Crippen LogP contribution in [0, 0.1) is 11.6 Å². The van der Waals surface area contributed by atoms with Crippen LogP contribution in [0.4, 0.5) is 8.78 Å². The van der Waals surface area contributed by atoms with Gasteiger partial charge in [-0.3, -0.25) is 0 Å². The molecule has 0 radical (unpaired) electrons. The van der Waals surface area contributed by atoms with Gasteiger partial charge in [0.15, 0.2) is 0 Å². The Morgan fingerprint density at radius 2 is 1.79 bits per heavy atom. The Bertz CT molecular complexity index is 388. The number of likely N-dealkylation sites (tertiary alicyclic amines) is 1. The predicted octanol–water partition coefficient (Wildman–Crippen LogP) is 2.93. The van der Waals surface area contributed by atoms with Crippen molar-refractivity contribution in [1.82, 2.24) is 10.2 Å². The van der Waals surface area contributed by atoms with E-state index in [0.717, 1.165) is 32.2 Å². The first-order valence-corrected chi connectivity index (χ1v) is 7.13. The first-order chi connectivity index (χ1) is 9.25. The number of halogens is 2. The molecule has 0 spiro atoms. The molecule has 0 aliphatic carbocycles. The van der Waals surface area contributed by atoms with Gasteiger partial charge in [0, 0.05) is 25.2 Å². The van der Waals surface area contributed by atoms with E-state index in [0.29, 0.717) is 12.1 Å². The maximum absolute atomic E-state index is 13.4. The van der Waals surface area contributed by atoms with Crippen molar-refractivity contribution in [3.05, 3.63) is 35.4 Å². The van der Waals surface area contributed by atoms with E-state index in [9.17, 15) is 8.78 Å². The third-order valence-electron chi connectivity index (χ3n) is 3.63. The first kappa shape index (κ1) is 14.4. The number of hydrogen-bond donors (Lipinski definition) is 1. The Morgan fingerprint density at radius 3 is 2.53 bits per heavy atom. The Hall–Kier alpha value is -1.00. The first-order valence-electron chi connectivity index (χ1n) is 7.13. The van der Waals surface area contributed by atoms with Crippen molar-refractivity contribution in [2.75, 3.05) is 26.2 Å². The average Bonchev–Trinajstić information content (AvgIpc) is 2.67. The third-order valence-corrected chi connectivity index (χ3v) is 3.63. The van der Waals surface area contributed by atoms with E-state index in [1.165, 1.54) is 37.8 Å². The molecule has 2 rings (SSSR count). The molecule has 0 atom stereocenters. The van der Waals surface area contributed by atoms with Crippen molar-refractivity contribution in [2.45, 2.75) is 32.2 Å². The quantitative estimate of drug-likeness (QED) is 0.826. The fourth-order valence-corrected chi connectivity index (χ4v) is 2.50. The summed E-state index contributed by atoms with van der Waals surface area (Å²) in [6.45, 7) is 4.51. The third kappa shape index (κ3) is 4.88. The lowest BCUT2D eigenvalue weighted by molar-refractivity contribution is 0.284. The highest BCUT2D eigenvalue weighted by molar-refractivity contribution is 5.18. The molecule has 1 aliphatic rings. The SMILES string of the molecule is Fc1ccc(F)c(CNCCN2CCCCCC2)c1. The Balaban J connectivity index is 1.69. The van der Waals surface area contributed by atoms with Crippen LogP contribution in [0.15, 0.2) is 18.2 Å². The number of benzene rings is 1. The lowest BCUT2D eigenvalue weighted by Gasteiger charge is -2.19. The predicted molar refractivity (Wildman–Crippen MR) is 73.0 cm³/mol. The molecule has 2 nitrogen and oxygen atoms in total. The Labute approximate surface area is 113 Å². The van der Waals surface area contributed by atoms with Crippen molar-refractivity contribution in [2.24, 2.45) is 0 Å². The van der Waals surface area contributed by atoms with Gasteiger partial charge in [0.2, 0.25) is 0 Å². The van der Waals surface area contributed by atoms with Gasteiger partial charge >= 0.3 is 0 Å². The maximum Gasteiger partial charge on any atom is 0.127 e. The number of hydrogen-bond acceptors (Lipinski definition) is 2. The van der Waals surface area contributed by atoms with Crippen LogP contribution in [0.3, 0.4) is 0 Å². The fraction of sp³-hybridized carbons (Fsp3) is 0.600. The van der Waals surface area contributed by atoms with Crippen LogP contribution in [-0.4, -0.2) is 31.1 Å². The van der Waals surface area contributed by atoms with Crippen LogP contribution in [0.2, 0.25) is 0 Å². The molecule has 0 aromatic heterocycles. The van der Waals surface area contributed by atoms with Gasteiger partial charge in [0.1, 0.15) is 11.6 Å². The molecule has 1 aromatic rings. The number of nitrogens with zero attached hydrogens (tertiary/aromatic N) is 1. The van der Waals surface area contributed by atoms with Gasteiger partial charge in [0.25, 0.3) is 0 Å². The summed E-state index contributed by atoms with van der Waals surface area (Å²) in [6.07, 6.45) is 5.22. The van der Waals surface area contributed by atoms with Gasteiger partial charge in [-0.1, -0.05) is 12.8 Å². The van der Waals surface area contributed by atoms with Crippen LogP contribution in [0.25, 0.3) is 0 Å². The summed E-state index contributed by atoms with van der Waals surface area (Å²) in [6, 6.07) is 3.59. The molecule has 1 N–H and O–H groups in total. The fourth-order valence-electron chi connectivity index (χ4n) is 2.50. The molecule has 1 aliphatic heterocycles. The van der Waals surface area contributed by atoms with E-state index in [1.54, 1.807) is 0 Å². The van der Waals surface area contributed by atoms with Gasteiger partial charge < -0.3 is 10.2 Å². The van der Waals surface area contributed by atoms with Crippen molar-refractivity contribution >= 4 is 0 Å². The highest BCUT2D eigenvalue weighted by Gasteiger charge is 2.08. The van der Waals surface area contributed by atoms with E-state index in [-0.39, 0.29) is 11.6 Å². The molecule has 0 unspecified atom stereocenters. The highest BCUT2D eigenvalue weighted by atomic mass is 19.1. The molecule has 0 amide bonds. The summed E-state index contributed by atoms with van der Waals surface area (Å²) in [7, 11) is 0. The van der Waals surface area contributed by atoms with E-state index in [4.69, 9.17) is 0 Å². The lowest BCUT2D eigenvalue weighted by atomic mass is 10.2. The summed E-state index contributed by atoms with van der Waals surface area (Å²) in [5.74, 6) is -0.727. The molecule has 0 bridgehead atoms. The van der Waals surface area contributed by atoms with E-state index in [2.05, 4.69) is 10.2 Å². The molecule has 1 saturated heterocycles. The summed E-state index contributed by atoms with van der Waals surface area (Å²) >= 11 is 0. The zero-order valence-corrected chi connectivity index (χ0v) is 11.3. The summed E-state index contributed by atoms with van der Waals surface area (Å²) in [5.41, 5.74) is 0.399. The van der Waals surface area contributed by atoms with Crippen LogP contribution in [0.1, 0.15) is 31.2 Å². The van der Waals surface area contributed by atoms with Gasteiger partial charge in [-0.15, -0.1) is 0 Å². The van der Waals surface area contributed by atoms with Crippen molar-refractivity contribution in [1.29, 1.82) is 0 Å². The molecule has 1 aromatic carbocycles. The number of nitrogens with one attached hydrogen (secondary N) is 1. The molecule has 19 heavy (non-hydrogen) atoms. The number of rotatable bonds is 5. The minimum absolute atomic E-state index is 0.344. The second kappa shape index (κ2) is 7.56. The Kier molecular flexibility index (Phi) is 5.73. The molecule has 0 saturated carbocycles. The van der Waals surface area contributed by atoms with Gasteiger partial charge in [-0.25, -0.2) is 8.78 Å². The normalized spacial score (nSPS) is 17.4. The standard InChI is InChI=1S/C15H22F2N2/c16-14-5-6-15(17)13(11-14)12-18-7-10-19-8-3-1-2-4-9-19/h5-6,11,18H,1-4,7-10,12H2. The van der Waals surface area contributed by atoms with Crippen LogP contribution in [-0.2, 0) is 6.54 Å². The summed E-state index contributed by atoms with van der Waals surface area (Å²) in [4.78, 5) is 2.45. The van der Waals surface area contributed by atoms with Crippen LogP contribution >= 0.6 is 0 Å². The van der Waals surface area contributed by atoms with Crippen LogP contribution < -0.4 is 5.32 Å². The second-order valence-electron chi connectivity index (χ2n) is 5.17. The zero-order valence-electron chi connectivity index (χ0n) is 11.3. The van der Waals surface area contributed by atoms with E-state index >= 15 is 0 Å².